The zero-order chi connectivity index (χ0) is 14.0. The summed E-state index contributed by atoms with van der Waals surface area (Å²) in [6, 6.07) is 3.80. The summed E-state index contributed by atoms with van der Waals surface area (Å²) in [5.41, 5.74) is 4.97. The number of benzene rings is 1. The Hall–Kier alpha value is -1.70. The number of aromatic nitrogens is 3. The Morgan fingerprint density at radius 2 is 2.11 bits per heavy atom. The Balaban J connectivity index is 2.23. The molecule has 2 N–H and O–H groups in total. The fourth-order valence-electron chi connectivity index (χ4n) is 1.53. The molecule has 0 aliphatic carbocycles. The van der Waals surface area contributed by atoms with Crippen LogP contribution in [0.3, 0.4) is 0 Å². The average Bonchev–Trinajstić information content (AvgIpc) is 2.72. The highest BCUT2D eigenvalue weighted by molar-refractivity contribution is 7.98. The van der Waals surface area contributed by atoms with Crippen LogP contribution >= 0.6 is 11.8 Å². The number of hydrogen-bond donors (Lipinski definition) is 1. The largest absolute Gasteiger partial charge is 0.416 e. The predicted molar refractivity (Wildman–Crippen MR) is 66.4 cm³/mol. The summed E-state index contributed by atoms with van der Waals surface area (Å²) >= 11 is 1.19. The van der Waals surface area contributed by atoms with Gasteiger partial charge in [0, 0.05) is 18.5 Å². The van der Waals surface area contributed by atoms with Crippen molar-refractivity contribution in [2.75, 3.05) is 5.73 Å². The van der Waals surface area contributed by atoms with Crippen molar-refractivity contribution in [3.63, 3.8) is 0 Å². The van der Waals surface area contributed by atoms with Crippen LogP contribution in [0, 0.1) is 0 Å². The van der Waals surface area contributed by atoms with Gasteiger partial charge in [-0.3, -0.25) is 0 Å². The van der Waals surface area contributed by atoms with E-state index in [0.717, 1.165) is 6.07 Å². The molecule has 0 saturated heterocycles. The Bertz CT molecular complexity index is 580. The molecule has 0 atom stereocenters. The van der Waals surface area contributed by atoms with Crippen molar-refractivity contribution < 1.29 is 13.2 Å². The Kier molecular flexibility index (Phi) is 3.70. The molecule has 0 amide bonds. The van der Waals surface area contributed by atoms with Crippen LogP contribution < -0.4 is 5.73 Å². The SMILES string of the molecule is Cn1cnnc1SCc1ccc(N)cc1C(F)(F)F. The lowest BCUT2D eigenvalue weighted by Gasteiger charge is -2.13. The fourth-order valence-corrected chi connectivity index (χ4v) is 2.42. The van der Waals surface area contributed by atoms with Crippen LogP contribution in [0.4, 0.5) is 18.9 Å². The van der Waals surface area contributed by atoms with Gasteiger partial charge in [0.2, 0.25) is 0 Å². The highest BCUT2D eigenvalue weighted by Crippen LogP contribution is 2.35. The van der Waals surface area contributed by atoms with Gasteiger partial charge in [0.05, 0.1) is 5.56 Å². The maximum atomic E-state index is 12.9. The zero-order valence-electron chi connectivity index (χ0n) is 9.98. The van der Waals surface area contributed by atoms with Crippen molar-refractivity contribution >= 4 is 17.4 Å². The maximum absolute atomic E-state index is 12.9. The number of nitrogens with zero attached hydrogens (tertiary/aromatic N) is 3. The first-order valence-corrected chi connectivity index (χ1v) is 6.29. The maximum Gasteiger partial charge on any atom is 0.416 e. The van der Waals surface area contributed by atoms with Crippen molar-refractivity contribution in [1.29, 1.82) is 0 Å². The predicted octanol–water partition coefficient (Wildman–Crippen LogP) is 2.71. The van der Waals surface area contributed by atoms with Crippen molar-refractivity contribution in [2.24, 2.45) is 7.05 Å². The second-order valence-electron chi connectivity index (χ2n) is 3.93. The number of rotatable bonds is 3. The first-order valence-electron chi connectivity index (χ1n) is 5.30. The van der Waals surface area contributed by atoms with Crippen molar-refractivity contribution in [2.45, 2.75) is 17.1 Å². The number of halogens is 3. The topological polar surface area (TPSA) is 56.7 Å². The summed E-state index contributed by atoms with van der Waals surface area (Å²) in [5.74, 6) is 0.154. The molecule has 1 aromatic heterocycles. The number of aryl methyl sites for hydroxylation is 1. The molecule has 0 unspecified atom stereocenters. The van der Waals surface area contributed by atoms with Gasteiger partial charge in [0.1, 0.15) is 6.33 Å². The summed E-state index contributed by atoms with van der Waals surface area (Å²) < 4.78 is 40.3. The molecule has 0 fully saturated rings. The summed E-state index contributed by atoms with van der Waals surface area (Å²) in [6.07, 6.45) is -2.92. The van der Waals surface area contributed by atoms with E-state index in [1.165, 1.54) is 30.2 Å². The molecule has 2 rings (SSSR count). The highest BCUT2D eigenvalue weighted by Gasteiger charge is 2.33. The van der Waals surface area contributed by atoms with Crippen LogP contribution in [0.1, 0.15) is 11.1 Å². The first-order chi connectivity index (χ1) is 8.88. The van der Waals surface area contributed by atoms with Gasteiger partial charge in [0.15, 0.2) is 5.16 Å². The summed E-state index contributed by atoms with van der Waals surface area (Å²) in [7, 11) is 1.73. The molecule has 1 aromatic carbocycles. The Morgan fingerprint density at radius 3 is 2.68 bits per heavy atom. The lowest BCUT2D eigenvalue weighted by molar-refractivity contribution is -0.138. The van der Waals surface area contributed by atoms with E-state index in [-0.39, 0.29) is 17.0 Å². The average molecular weight is 288 g/mol. The molecular formula is C11H11F3N4S. The second kappa shape index (κ2) is 5.12. The molecule has 0 radical (unpaired) electrons. The molecule has 0 saturated carbocycles. The molecule has 0 aliphatic rings. The van der Waals surface area contributed by atoms with Crippen LogP contribution in [0.15, 0.2) is 29.7 Å². The van der Waals surface area contributed by atoms with Crippen LogP contribution in [0.2, 0.25) is 0 Å². The summed E-state index contributed by atoms with van der Waals surface area (Å²) in [5, 5.41) is 8.04. The normalized spacial score (nSPS) is 11.8. The standard InChI is InChI=1S/C11H11F3N4S/c1-18-6-16-17-10(18)19-5-7-2-3-8(15)4-9(7)11(12,13)14/h2-4,6H,5,15H2,1H3. The van der Waals surface area contributed by atoms with E-state index in [4.69, 9.17) is 5.73 Å². The Morgan fingerprint density at radius 1 is 1.37 bits per heavy atom. The zero-order valence-corrected chi connectivity index (χ0v) is 10.8. The Labute approximate surface area is 111 Å². The first kappa shape index (κ1) is 13.7. The van der Waals surface area contributed by atoms with Gasteiger partial charge in [-0.05, 0) is 17.7 Å². The van der Waals surface area contributed by atoms with Gasteiger partial charge in [-0.15, -0.1) is 10.2 Å². The van der Waals surface area contributed by atoms with E-state index in [0.29, 0.717) is 5.16 Å². The third kappa shape index (κ3) is 3.19. The number of nitrogens with two attached hydrogens (primary N) is 1. The minimum absolute atomic E-state index is 0.0970. The monoisotopic (exact) mass is 288 g/mol. The van der Waals surface area contributed by atoms with Gasteiger partial charge in [0.25, 0.3) is 0 Å². The molecule has 2 aromatic rings. The molecule has 19 heavy (non-hydrogen) atoms. The van der Waals surface area contributed by atoms with E-state index in [9.17, 15) is 13.2 Å². The fraction of sp³-hybridized carbons (Fsp3) is 0.273. The van der Waals surface area contributed by atoms with Crippen LogP contribution in [0.5, 0.6) is 0 Å². The molecule has 8 heteroatoms. The lowest BCUT2D eigenvalue weighted by atomic mass is 10.1. The third-order valence-corrected chi connectivity index (χ3v) is 3.55. The van der Waals surface area contributed by atoms with Crippen molar-refractivity contribution in [1.82, 2.24) is 14.8 Å². The van der Waals surface area contributed by atoms with Gasteiger partial charge in [-0.2, -0.15) is 13.2 Å². The number of anilines is 1. The number of thioether (sulfide) groups is 1. The molecular weight excluding hydrogens is 277 g/mol. The van der Waals surface area contributed by atoms with E-state index < -0.39 is 11.7 Å². The van der Waals surface area contributed by atoms with Gasteiger partial charge < -0.3 is 10.3 Å². The third-order valence-electron chi connectivity index (χ3n) is 2.47. The van der Waals surface area contributed by atoms with E-state index in [2.05, 4.69) is 10.2 Å². The van der Waals surface area contributed by atoms with Gasteiger partial charge >= 0.3 is 6.18 Å². The van der Waals surface area contributed by atoms with Crippen LogP contribution in [-0.4, -0.2) is 14.8 Å². The van der Waals surface area contributed by atoms with E-state index >= 15 is 0 Å². The number of nitrogen functional groups attached to an aromatic ring is 1. The quantitative estimate of drug-likeness (QED) is 0.697. The van der Waals surface area contributed by atoms with Gasteiger partial charge in [-0.1, -0.05) is 17.8 Å². The molecule has 1 heterocycles. The van der Waals surface area contributed by atoms with Crippen LogP contribution in [-0.2, 0) is 19.0 Å². The molecule has 0 bridgehead atoms. The minimum atomic E-state index is -4.41. The van der Waals surface area contributed by atoms with Gasteiger partial charge in [-0.25, -0.2) is 0 Å². The number of hydrogen-bond acceptors (Lipinski definition) is 4. The smallest absolute Gasteiger partial charge is 0.399 e. The minimum Gasteiger partial charge on any atom is -0.399 e. The van der Waals surface area contributed by atoms with Crippen molar-refractivity contribution in [3.05, 3.63) is 35.7 Å². The molecule has 0 spiro atoms. The lowest BCUT2D eigenvalue weighted by Crippen LogP contribution is -2.09. The van der Waals surface area contributed by atoms with Crippen LogP contribution in [0.25, 0.3) is 0 Å². The number of alkyl halides is 3. The van der Waals surface area contributed by atoms with E-state index in [1.54, 1.807) is 11.6 Å². The summed E-state index contributed by atoms with van der Waals surface area (Å²) in [6.45, 7) is 0. The van der Waals surface area contributed by atoms with Crippen molar-refractivity contribution in [3.8, 4) is 0 Å². The molecule has 102 valence electrons. The van der Waals surface area contributed by atoms with E-state index in [1.807, 2.05) is 0 Å². The molecule has 0 aliphatic heterocycles. The molecule has 4 nitrogen and oxygen atoms in total. The highest BCUT2D eigenvalue weighted by atomic mass is 32.2. The second-order valence-corrected chi connectivity index (χ2v) is 4.87. The summed E-state index contributed by atoms with van der Waals surface area (Å²) in [4.78, 5) is 0.